The first-order valence-electron chi connectivity index (χ1n) is 14.6. The second-order valence-electron chi connectivity index (χ2n) is 10.2. The molecule has 3 atom stereocenters. The van der Waals surface area contributed by atoms with Crippen molar-refractivity contribution in [3.63, 3.8) is 0 Å². The van der Waals surface area contributed by atoms with E-state index in [9.17, 15) is 22.8 Å². The number of pyridine rings is 1. The van der Waals surface area contributed by atoms with Crippen LogP contribution in [0, 0.1) is 18.8 Å². The van der Waals surface area contributed by atoms with Gasteiger partial charge in [-0.05, 0) is 43.9 Å². The molecule has 0 saturated heterocycles. The fraction of sp³-hybridized carbons (Fsp3) is 0.412. The Morgan fingerprint density at radius 2 is 1.67 bits per heavy atom. The summed E-state index contributed by atoms with van der Waals surface area (Å²) in [6.07, 6.45) is -4.15. The van der Waals surface area contributed by atoms with Gasteiger partial charge < -0.3 is 18.9 Å². The number of aryl methyl sites for hydroxylation is 1. The topological polar surface area (TPSA) is 96.8 Å². The molecular weight excluding hydrogens is 621 g/mol. The van der Waals surface area contributed by atoms with Gasteiger partial charge in [-0.15, -0.1) is 11.3 Å². The van der Waals surface area contributed by atoms with Gasteiger partial charge in [0.1, 0.15) is 28.8 Å². The summed E-state index contributed by atoms with van der Waals surface area (Å²) in [4.78, 5) is 34.2. The molecule has 0 bridgehead atoms. The van der Waals surface area contributed by atoms with E-state index in [0.717, 1.165) is 22.3 Å². The Labute approximate surface area is 270 Å². The van der Waals surface area contributed by atoms with Crippen LogP contribution in [-0.4, -0.2) is 42.2 Å². The van der Waals surface area contributed by atoms with Crippen molar-refractivity contribution in [1.29, 1.82) is 0 Å². The zero-order valence-electron chi connectivity index (χ0n) is 25.6. The molecule has 1 fully saturated rings. The molecule has 0 unspecified atom stereocenters. The number of rotatable bonds is 8. The molecule has 1 saturated carbocycles. The highest BCUT2D eigenvalue weighted by molar-refractivity contribution is 7.13. The molecule has 0 aliphatic heterocycles. The number of methoxy groups -OCH3 is 2. The number of hydrogen-bond donors (Lipinski definition) is 0. The first-order valence-corrected chi connectivity index (χ1v) is 15.4. The quantitative estimate of drug-likeness (QED) is 0.174. The summed E-state index contributed by atoms with van der Waals surface area (Å²) in [7, 11) is 2.80. The van der Waals surface area contributed by atoms with Crippen LogP contribution < -0.4 is 9.47 Å². The molecule has 5 rings (SSSR count). The third-order valence-electron chi connectivity index (χ3n) is 7.51. The van der Waals surface area contributed by atoms with Crippen molar-refractivity contribution in [2.45, 2.75) is 66.3 Å². The number of carbonyl (C=O) groups excluding carboxylic acids is 2. The number of ether oxygens (including phenoxy) is 4. The van der Waals surface area contributed by atoms with E-state index in [4.69, 9.17) is 18.9 Å². The number of hydrogen-bond acceptors (Lipinski definition) is 9. The minimum atomic E-state index is -4.59. The van der Waals surface area contributed by atoms with E-state index < -0.39 is 41.7 Å². The van der Waals surface area contributed by atoms with Gasteiger partial charge in [-0.25, -0.2) is 9.97 Å². The molecule has 0 radical (unpaired) electrons. The normalized spacial score (nSPS) is 17.6. The molecule has 2 aromatic heterocycles. The smallest absolute Gasteiger partial charge is 0.434 e. The van der Waals surface area contributed by atoms with Gasteiger partial charge in [-0.3, -0.25) is 9.59 Å². The minimum Gasteiger partial charge on any atom is -0.496 e. The number of esters is 2. The summed E-state index contributed by atoms with van der Waals surface area (Å²) in [5.74, 6) is -1.61. The zero-order chi connectivity index (χ0) is 32.7. The number of benzene rings is 2. The van der Waals surface area contributed by atoms with Gasteiger partial charge in [-0.2, -0.15) is 13.2 Å². The highest BCUT2D eigenvalue weighted by Crippen LogP contribution is 2.40. The van der Waals surface area contributed by atoms with Gasteiger partial charge in [0.15, 0.2) is 5.69 Å². The molecule has 0 amide bonds. The van der Waals surface area contributed by atoms with Crippen molar-refractivity contribution in [2.24, 2.45) is 11.8 Å². The highest BCUT2D eigenvalue weighted by atomic mass is 32.1. The summed E-state index contributed by atoms with van der Waals surface area (Å²) in [5.41, 5.74) is 1.18. The average molecular weight is 661 g/mol. The van der Waals surface area contributed by atoms with Crippen molar-refractivity contribution in [2.75, 3.05) is 14.2 Å². The Morgan fingerprint density at radius 3 is 2.30 bits per heavy atom. The molecule has 46 heavy (non-hydrogen) atoms. The van der Waals surface area contributed by atoms with Crippen LogP contribution in [0.4, 0.5) is 13.2 Å². The molecular formula is C34H39F3N2O6S. The number of carbonyl (C=O) groups is 2. The van der Waals surface area contributed by atoms with Gasteiger partial charge in [0.25, 0.3) is 0 Å². The Balaban J connectivity index is 0.00000188. The maximum atomic E-state index is 13.3. The molecule has 4 aromatic rings. The lowest BCUT2D eigenvalue weighted by atomic mass is 9.77. The number of fused-ring (bicyclic) bond motifs is 1. The third-order valence-corrected chi connectivity index (χ3v) is 8.37. The van der Waals surface area contributed by atoms with Crippen LogP contribution in [0.2, 0.25) is 0 Å². The van der Waals surface area contributed by atoms with Crippen molar-refractivity contribution in [3.8, 4) is 22.2 Å². The van der Waals surface area contributed by atoms with Gasteiger partial charge in [0.05, 0.1) is 37.7 Å². The van der Waals surface area contributed by atoms with Crippen LogP contribution in [-0.2, 0) is 31.8 Å². The first kappa shape index (κ1) is 36.3. The van der Waals surface area contributed by atoms with E-state index in [1.165, 1.54) is 14.2 Å². The van der Waals surface area contributed by atoms with Crippen LogP contribution >= 0.6 is 11.3 Å². The number of nitrogens with zero attached hydrogens (tertiary/aromatic N) is 2. The summed E-state index contributed by atoms with van der Waals surface area (Å²) < 4.78 is 62.4. The number of thiazole rings is 1. The third kappa shape index (κ3) is 8.14. The van der Waals surface area contributed by atoms with Crippen LogP contribution in [0.5, 0.6) is 11.5 Å². The Bertz CT molecular complexity index is 1630. The molecule has 12 heteroatoms. The fourth-order valence-electron chi connectivity index (χ4n) is 5.28. The van der Waals surface area contributed by atoms with Gasteiger partial charge in [0.2, 0.25) is 0 Å². The Hall–Kier alpha value is -4.19. The predicted octanol–water partition coefficient (Wildman–Crippen LogP) is 8.44. The first-order chi connectivity index (χ1) is 21.6. The summed E-state index contributed by atoms with van der Waals surface area (Å²) in [6, 6.07) is 14.3. The molecule has 2 heterocycles. The molecule has 1 aliphatic carbocycles. The number of alkyl halides is 3. The van der Waals surface area contributed by atoms with Crippen LogP contribution in [0.1, 0.15) is 57.4 Å². The number of halogens is 3. The van der Waals surface area contributed by atoms with Crippen molar-refractivity contribution in [1.82, 2.24) is 9.97 Å². The van der Waals surface area contributed by atoms with Crippen molar-refractivity contribution in [3.05, 3.63) is 70.7 Å². The average Bonchev–Trinajstić information content (AvgIpc) is 3.57. The van der Waals surface area contributed by atoms with Gasteiger partial charge in [0, 0.05) is 22.4 Å². The Kier molecular flexibility index (Phi) is 12.5. The lowest BCUT2D eigenvalue weighted by molar-refractivity contribution is -0.163. The monoisotopic (exact) mass is 660 g/mol. The maximum absolute atomic E-state index is 13.3. The van der Waals surface area contributed by atoms with Crippen LogP contribution in [0.25, 0.3) is 21.6 Å². The molecule has 2 aromatic carbocycles. The maximum Gasteiger partial charge on any atom is 0.434 e. The SMILES string of the molecule is C.CC.COC(=O)[C@@H]1CC[C@H](Oc2cc(-c3nc(C(F)(F)F)cs3)nc3c(C)c(OC)ccc23)C[C@H]1C(=O)OCc1ccccc1. The lowest BCUT2D eigenvalue weighted by Crippen LogP contribution is -2.40. The number of aromatic nitrogens is 2. The second kappa shape index (κ2) is 15.9. The van der Waals surface area contributed by atoms with E-state index in [2.05, 4.69) is 9.97 Å². The second-order valence-corrected chi connectivity index (χ2v) is 11.1. The van der Waals surface area contributed by atoms with E-state index in [1.54, 1.807) is 25.1 Å². The fourth-order valence-corrected chi connectivity index (χ4v) is 6.06. The predicted molar refractivity (Wildman–Crippen MR) is 171 cm³/mol. The molecule has 0 N–H and O–H groups in total. The summed E-state index contributed by atoms with van der Waals surface area (Å²) in [6.45, 7) is 5.85. The van der Waals surface area contributed by atoms with Crippen molar-refractivity contribution >= 4 is 34.2 Å². The highest BCUT2D eigenvalue weighted by Gasteiger charge is 2.42. The lowest BCUT2D eigenvalue weighted by Gasteiger charge is -2.33. The van der Waals surface area contributed by atoms with Crippen molar-refractivity contribution < 1.29 is 41.7 Å². The molecule has 1 aliphatic rings. The standard InChI is InChI=1S/C31H29F3N2O6S.C2H6.CH4/c1-17-24(39-2)12-11-21-25(14-23(35-27(17)21)28-36-26(16-43-28)31(32,33)34)42-19-9-10-20(29(37)40-3)22(13-19)30(38)41-15-18-7-5-4-6-8-18;1-2;/h4-8,11-12,14,16,19-20,22H,9-10,13,15H2,1-3H3;1-2H3;1H4/t19-,20+,22+;;/m0../s1. The van der Waals surface area contributed by atoms with Gasteiger partial charge >= 0.3 is 18.1 Å². The van der Waals surface area contributed by atoms with Gasteiger partial charge in [-0.1, -0.05) is 51.6 Å². The van der Waals surface area contributed by atoms with E-state index >= 15 is 0 Å². The van der Waals surface area contributed by atoms with Crippen LogP contribution in [0.15, 0.2) is 53.9 Å². The minimum absolute atomic E-state index is 0. The summed E-state index contributed by atoms with van der Waals surface area (Å²) >= 11 is 0.830. The summed E-state index contributed by atoms with van der Waals surface area (Å²) in [5, 5.41) is 1.64. The van der Waals surface area contributed by atoms with Crippen LogP contribution in [0.3, 0.4) is 0 Å². The molecule has 248 valence electrons. The van der Waals surface area contributed by atoms with E-state index in [1.807, 2.05) is 44.2 Å². The largest absolute Gasteiger partial charge is 0.496 e. The zero-order valence-corrected chi connectivity index (χ0v) is 26.5. The van der Waals surface area contributed by atoms with E-state index in [-0.39, 0.29) is 31.2 Å². The molecule has 8 nitrogen and oxygen atoms in total. The molecule has 0 spiro atoms. The Morgan fingerprint density at radius 1 is 0.957 bits per heavy atom. The van der Waals surface area contributed by atoms with E-state index in [0.29, 0.717) is 40.8 Å².